The lowest BCUT2D eigenvalue weighted by Gasteiger charge is -2.09. The molecule has 0 bridgehead atoms. The monoisotopic (exact) mass is 251 g/mol. The van der Waals surface area contributed by atoms with Gasteiger partial charge in [0.15, 0.2) is 0 Å². The van der Waals surface area contributed by atoms with Crippen molar-refractivity contribution in [2.24, 2.45) is 0 Å². The molecule has 1 aromatic carbocycles. The third-order valence-electron chi connectivity index (χ3n) is 2.90. The first kappa shape index (κ1) is 12.0. The maximum absolute atomic E-state index is 11.2. The summed E-state index contributed by atoms with van der Waals surface area (Å²) in [5.41, 5.74) is 2.09. The summed E-state index contributed by atoms with van der Waals surface area (Å²) in [5, 5.41) is 10.6. The fraction of sp³-hybridized carbons (Fsp3) is 0.308. The van der Waals surface area contributed by atoms with Crippen molar-refractivity contribution in [3.8, 4) is 0 Å². The van der Waals surface area contributed by atoms with E-state index in [2.05, 4.69) is 0 Å². The van der Waals surface area contributed by atoms with E-state index in [1.807, 2.05) is 37.5 Å². The molecule has 0 radical (unpaired) electrons. The number of hydrogen-bond donors (Lipinski definition) is 1. The molecule has 3 nitrogen and oxygen atoms in total. The van der Waals surface area contributed by atoms with Gasteiger partial charge in [-0.3, -0.25) is 0 Å². The molecule has 0 saturated carbocycles. The standard InChI is InChI=1S/C13H14ClNO2/c1-7(2)15-6-10(13(16)17)9-4-8(3)11(14)5-12(9)15/h4-7H,1-3H3,(H,16,17). The summed E-state index contributed by atoms with van der Waals surface area (Å²) >= 11 is 6.09. The highest BCUT2D eigenvalue weighted by atomic mass is 35.5. The Labute approximate surface area is 105 Å². The molecule has 90 valence electrons. The number of carboxylic acids is 1. The van der Waals surface area contributed by atoms with Gasteiger partial charge in [0, 0.05) is 22.6 Å². The minimum Gasteiger partial charge on any atom is -0.478 e. The van der Waals surface area contributed by atoms with Crippen LogP contribution in [0.5, 0.6) is 0 Å². The largest absolute Gasteiger partial charge is 0.478 e. The molecule has 4 heteroatoms. The summed E-state index contributed by atoms with van der Waals surface area (Å²) in [5.74, 6) is -0.906. The van der Waals surface area contributed by atoms with Gasteiger partial charge in [-0.1, -0.05) is 11.6 Å². The second kappa shape index (κ2) is 4.08. The zero-order valence-electron chi connectivity index (χ0n) is 9.99. The molecular formula is C13H14ClNO2. The number of nitrogens with zero attached hydrogens (tertiary/aromatic N) is 1. The fourth-order valence-electron chi connectivity index (χ4n) is 1.98. The molecule has 1 aromatic heterocycles. The molecule has 0 spiro atoms. The molecule has 0 saturated heterocycles. The van der Waals surface area contributed by atoms with Gasteiger partial charge >= 0.3 is 5.97 Å². The second-order valence-corrected chi connectivity index (χ2v) is 4.87. The van der Waals surface area contributed by atoms with Gasteiger partial charge in [-0.2, -0.15) is 0 Å². The Morgan fingerprint density at radius 3 is 2.59 bits per heavy atom. The number of benzene rings is 1. The van der Waals surface area contributed by atoms with Crippen LogP contribution < -0.4 is 0 Å². The van der Waals surface area contributed by atoms with E-state index in [4.69, 9.17) is 11.6 Å². The van der Waals surface area contributed by atoms with Crippen molar-refractivity contribution in [1.82, 2.24) is 4.57 Å². The van der Waals surface area contributed by atoms with Crippen LogP contribution in [0, 0.1) is 6.92 Å². The van der Waals surface area contributed by atoms with Crippen molar-refractivity contribution in [2.75, 3.05) is 0 Å². The van der Waals surface area contributed by atoms with Crippen LogP contribution >= 0.6 is 11.6 Å². The smallest absolute Gasteiger partial charge is 0.337 e. The van der Waals surface area contributed by atoms with Crippen molar-refractivity contribution in [3.05, 3.63) is 34.5 Å². The first-order chi connectivity index (χ1) is 7.91. The maximum Gasteiger partial charge on any atom is 0.337 e. The third kappa shape index (κ3) is 1.91. The molecule has 1 heterocycles. The van der Waals surface area contributed by atoms with Crippen LogP contribution in [0.25, 0.3) is 10.9 Å². The van der Waals surface area contributed by atoms with E-state index in [1.165, 1.54) is 0 Å². The van der Waals surface area contributed by atoms with Gasteiger partial charge in [0.25, 0.3) is 0 Å². The van der Waals surface area contributed by atoms with E-state index in [0.717, 1.165) is 16.5 Å². The lowest BCUT2D eigenvalue weighted by molar-refractivity contribution is 0.0699. The molecular weight excluding hydrogens is 238 g/mol. The molecule has 0 aliphatic carbocycles. The number of fused-ring (bicyclic) bond motifs is 1. The zero-order valence-corrected chi connectivity index (χ0v) is 10.7. The van der Waals surface area contributed by atoms with Crippen LogP contribution in [0.1, 0.15) is 35.8 Å². The topological polar surface area (TPSA) is 42.2 Å². The average Bonchev–Trinajstić information content (AvgIpc) is 2.57. The summed E-state index contributed by atoms with van der Waals surface area (Å²) in [6, 6.07) is 3.86. The summed E-state index contributed by atoms with van der Waals surface area (Å²) in [6.07, 6.45) is 1.67. The summed E-state index contributed by atoms with van der Waals surface area (Å²) < 4.78 is 1.93. The normalized spacial score (nSPS) is 11.4. The number of aromatic nitrogens is 1. The van der Waals surface area contributed by atoms with Crippen molar-refractivity contribution >= 4 is 28.5 Å². The number of aromatic carboxylic acids is 1. The Balaban J connectivity index is 2.86. The van der Waals surface area contributed by atoms with E-state index >= 15 is 0 Å². The van der Waals surface area contributed by atoms with Gasteiger partial charge in [0.2, 0.25) is 0 Å². The minimum atomic E-state index is -0.906. The summed E-state index contributed by atoms with van der Waals surface area (Å²) in [6.45, 7) is 5.90. The van der Waals surface area contributed by atoms with E-state index in [0.29, 0.717) is 10.6 Å². The van der Waals surface area contributed by atoms with Crippen LogP contribution in [0.3, 0.4) is 0 Å². The zero-order chi connectivity index (χ0) is 12.7. The second-order valence-electron chi connectivity index (χ2n) is 4.47. The molecule has 0 aliphatic heterocycles. The molecule has 0 amide bonds. The van der Waals surface area contributed by atoms with Crippen molar-refractivity contribution in [3.63, 3.8) is 0 Å². The number of carbonyl (C=O) groups is 1. The van der Waals surface area contributed by atoms with Crippen LogP contribution in [0.2, 0.25) is 5.02 Å². The molecule has 2 aromatic rings. The van der Waals surface area contributed by atoms with Crippen molar-refractivity contribution in [2.45, 2.75) is 26.8 Å². The summed E-state index contributed by atoms with van der Waals surface area (Å²) in [4.78, 5) is 11.2. The average molecular weight is 252 g/mol. The highest BCUT2D eigenvalue weighted by molar-refractivity contribution is 6.32. The minimum absolute atomic E-state index is 0.198. The van der Waals surface area contributed by atoms with Crippen LogP contribution in [-0.2, 0) is 0 Å². The van der Waals surface area contributed by atoms with Gasteiger partial charge in [-0.15, -0.1) is 0 Å². The van der Waals surface area contributed by atoms with E-state index in [-0.39, 0.29) is 6.04 Å². The Bertz CT molecular complexity index is 599. The number of rotatable bonds is 2. The number of hydrogen-bond acceptors (Lipinski definition) is 1. The Kier molecular flexibility index (Phi) is 2.87. The van der Waals surface area contributed by atoms with Gasteiger partial charge in [-0.05, 0) is 38.5 Å². The van der Waals surface area contributed by atoms with Gasteiger partial charge in [0.1, 0.15) is 0 Å². The lowest BCUT2D eigenvalue weighted by Crippen LogP contribution is -1.99. The van der Waals surface area contributed by atoms with Crippen LogP contribution in [-0.4, -0.2) is 15.6 Å². The van der Waals surface area contributed by atoms with Gasteiger partial charge < -0.3 is 9.67 Å². The van der Waals surface area contributed by atoms with Crippen LogP contribution in [0.4, 0.5) is 0 Å². The molecule has 0 aliphatic rings. The molecule has 0 atom stereocenters. The van der Waals surface area contributed by atoms with Crippen molar-refractivity contribution in [1.29, 1.82) is 0 Å². The van der Waals surface area contributed by atoms with E-state index in [9.17, 15) is 9.90 Å². The maximum atomic E-state index is 11.2. The predicted molar refractivity (Wildman–Crippen MR) is 69.0 cm³/mol. The molecule has 0 unspecified atom stereocenters. The number of carboxylic acid groups (broad SMARTS) is 1. The first-order valence-corrected chi connectivity index (χ1v) is 5.83. The first-order valence-electron chi connectivity index (χ1n) is 5.45. The molecule has 2 rings (SSSR count). The Morgan fingerprint density at radius 1 is 1.41 bits per heavy atom. The van der Waals surface area contributed by atoms with Crippen LogP contribution in [0.15, 0.2) is 18.3 Å². The molecule has 0 fully saturated rings. The highest BCUT2D eigenvalue weighted by Crippen LogP contribution is 2.29. The SMILES string of the molecule is Cc1cc2c(C(=O)O)cn(C(C)C)c2cc1Cl. The lowest BCUT2D eigenvalue weighted by atomic mass is 10.1. The van der Waals surface area contributed by atoms with Gasteiger partial charge in [0.05, 0.1) is 11.1 Å². The highest BCUT2D eigenvalue weighted by Gasteiger charge is 2.16. The predicted octanol–water partition coefficient (Wildman–Crippen LogP) is 3.88. The van der Waals surface area contributed by atoms with Crippen molar-refractivity contribution < 1.29 is 9.90 Å². The Hall–Kier alpha value is -1.48. The fourth-order valence-corrected chi connectivity index (χ4v) is 2.13. The Morgan fingerprint density at radius 2 is 2.06 bits per heavy atom. The number of halogens is 1. The third-order valence-corrected chi connectivity index (χ3v) is 3.31. The molecule has 17 heavy (non-hydrogen) atoms. The summed E-state index contributed by atoms with van der Waals surface area (Å²) in [7, 11) is 0. The van der Waals surface area contributed by atoms with E-state index < -0.39 is 5.97 Å². The quantitative estimate of drug-likeness (QED) is 0.880. The van der Waals surface area contributed by atoms with E-state index in [1.54, 1.807) is 6.20 Å². The molecule has 1 N–H and O–H groups in total. The number of aryl methyl sites for hydroxylation is 1. The van der Waals surface area contributed by atoms with Gasteiger partial charge in [-0.25, -0.2) is 4.79 Å².